The van der Waals surface area contributed by atoms with E-state index < -0.39 is 71.2 Å². The minimum Gasteiger partial charge on any atom is -0.462 e. The van der Waals surface area contributed by atoms with Crippen molar-refractivity contribution < 1.29 is 56.8 Å². The molecule has 13 heteroatoms. The molecule has 1 fully saturated rings. The van der Waals surface area contributed by atoms with Gasteiger partial charge in [0.15, 0.2) is 12.4 Å². The van der Waals surface area contributed by atoms with Crippen molar-refractivity contribution in [2.75, 3.05) is 19.0 Å². The number of ether oxygens (including phenoxy) is 4. The van der Waals surface area contributed by atoms with Crippen LogP contribution in [0.2, 0.25) is 0 Å². The van der Waals surface area contributed by atoms with Crippen LogP contribution in [0.4, 0.5) is 0 Å². The van der Waals surface area contributed by atoms with E-state index in [0.29, 0.717) is 12.8 Å². The number of carbonyl (C=O) groups excluding carboxylic acids is 2. The summed E-state index contributed by atoms with van der Waals surface area (Å²) in [5.74, 6) is -1.96. The second kappa shape index (κ2) is 36.3. The molecular formula is C45H86O12S. The van der Waals surface area contributed by atoms with Crippen molar-refractivity contribution in [3.05, 3.63) is 0 Å². The summed E-state index contributed by atoms with van der Waals surface area (Å²) >= 11 is 0. The van der Waals surface area contributed by atoms with Gasteiger partial charge in [0.2, 0.25) is 0 Å². The molecule has 1 saturated heterocycles. The summed E-state index contributed by atoms with van der Waals surface area (Å²) in [7, 11) is -4.60. The molecule has 344 valence electrons. The highest BCUT2D eigenvalue weighted by atomic mass is 32.2. The molecule has 58 heavy (non-hydrogen) atoms. The van der Waals surface area contributed by atoms with Crippen LogP contribution in [0, 0.1) is 0 Å². The molecule has 0 saturated carbocycles. The van der Waals surface area contributed by atoms with Gasteiger partial charge < -0.3 is 34.3 Å². The Hall–Kier alpha value is -1.35. The van der Waals surface area contributed by atoms with Crippen LogP contribution in [-0.2, 0) is 38.7 Å². The molecular weight excluding hydrogens is 765 g/mol. The van der Waals surface area contributed by atoms with E-state index in [4.69, 9.17) is 18.9 Å². The number of hydrogen-bond acceptors (Lipinski definition) is 11. The van der Waals surface area contributed by atoms with Gasteiger partial charge >= 0.3 is 11.9 Å². The van der Waals surface area contributed by atoms with Crippen molar-refractivity contribution >= 4 is 22.1 Å². The second-order valence-electron chi connectivity index (χ2n) is 16.8. The Morgan fingerprint density at radius 2 is 0.879 bits per heavy atom. The minimum absolute atomic E-state index is 0.173. The highest BCUT2D eigenvalue weighted by Gasteiger charge is 2.46. The van der Waals surface area contributed by atoms with Gasteiger partial charge in [-0.2, -0.15) is 8.42 Å². The molecule has 0 bridgehead atoms. The van der Waals surface area contributed by atoms with E-state index in [-0.39, 0.29) is 19.4 Å². The number of aliphatic hydroxyl groups is 3. The number of aliphatic hydroxyl groups excluding tert-OH is 3. The van der Waals surface area contributed by atoms with Gasteiger partial charge in [0.25, 0.3) is 10.1 Å². The first kappa shape index (κ1) is 54.7. The van der Waals surface area contributed by atoms with Crippen LogP contribution in [-0.4, -0.2) is 96.0 Å². The van der Waals surface area contributed by atoms with Crippen molar-refractivity contribution in [2.45, 2.75) is 256 Å². The smallest absolute Gasteiger partial charge is 0.306 e. The molecule has 0 amide bonds. The summed E-state index contributed by atoms with van der Waals surface area (Å²) < 4.78 is 54.1. The fourth-order valence-corrected chi connectivity index (χ4v) is 8.19. The van der Waals surface area contributed by atoms with Crippen LogP contribution in [0.1, 0.15) is 219 Å². The van der Waals surface area contributed by atoms with Crippen LogP contribution >= 0.6 is 0 Å². The number of hydrogen-bond donors (Lipinski definition) is 4. The molecule has 0 aromatic rings. The van der Waals surface area contributed by atoms with E-state index >= 15 is 0 Å². The van der Waals surface area contributed by atoms with E-state index in [1.807, 2.05) is 0 Å². The summed E-state index contributed by atoms with van der Waals surface area (Å²) in [5, 5.41) is 30.9. The minimum atomic E-state index is -4.60. The third-order valence-corrected chi connectivity index (χ3v) is 11.9. The maximum absolute atomic E-state index is 12.8. The van der Waals surface area contributed by atoms with Gasteiger partial charge in [0.1, 0.15) is 36.8 Å². The molecule has 0 aliphatic carbocycles. The van der Waals surface area contributed by atoms with Crippen LogP contribution in [0.3, 0.4) is 0 Å². The quantitative estimate of drug-likeness (QED) is 0.0260. The third kappa shape index (κ3) is 30.6. The van der Waals surface area contributed by atoms with Gasteiger partial charge in [-0.25, -0.2) is 0 Å². The predicted octanol–water partition coefficient (Wildman–Crippen LogP) is 9.68. The standard InChI is InChI=1S/C45H86O12S/c1-3-5-7-9-11-13-15-16-17-18-19-20-21-22-24-26-28-30-32-34-41(47)56-38(35-54-40(46)33-31-29-27-25-23-14-12-10-8-6-4-2)36-55-45-44(50)43(49)42(48)39(57-45)37-58(51,52)53/h38-39,42-45,48-50H,3-37H2,1-2H3,(H,51,52,53). The second-order valence-corrected chi connectivity index (χ2v) is 18.3. The van der Waals surface area contributed by atoms with Crippen molar-refractivity contribution in [2.24, 2.45) is 0 Å². The van der Waals surface area contributed by atoms with Gasteiger partial charge in [0.05, 0.1) is 6.61 Å². The van der Waals surface area contributed by atoms with Crippen LogP contribution in [0.25, 0.3) is 0 Å². The number of rotatable bonds is 40. The molecule has 1 aliphatic heterocycles. The van der Waals surface area contributed by atoms with E-state index in [9.17, 15) is 37.9 Å². The highest BCUT2D eigenvalue weighted by molar-refractivity contribution is 7.85. The molecule has 6 atom stereocenters. The normalized spacial score (nSPS) is 20.3. The average molecular weight is 851 g/mol. The van der Waals surface area contributed by atoms with Crippen molar-refractivity contribution in [3.63, 3.8) is 0 Å². The Labute approximate surface area is 353 Å². The van der Waals surface area contributed by atoms with Crippen molar-refractivity contribution in [1.82, 2.24) is 0 Å². The number of esters is 2. The molecule has 0 radical (unpaired) electrons. The molecule has 1 aliphatic rings. The Balaban J connectivity index is 2.38. The zero-order valence-corrected chi connectivity index (χ0v) is 37.5. The Bertz CT molecular complexity index is 1090. The monoisotopic (exact) mass is 851 g/mol. The Morgan fingerprint density at radius 1 is 0.517 bits per heavy atom. The fraction of sp³-hybridized carbons (Fsp3) is 0.956. The third-order valence-electron chi connectivity index (χ3n) is 11.2. The van der Waals surface area contributed by atoms with E-state index in [2.05, 4.69) is 13.8 Å². The summed E-state index contributed by atoms with van der Waals surface area (Å²) in [6.45, 7) is 3.78. The van der Waals surface area contributed by atoms with Gasteiger partial charge in [-0.15, -0.1) is 0 Å². The van der Waals surface area contributed by atoms with Gasteiger partial charge in [0, 0.05) is 12.8 Å². The first-order valence-electron chi connectivity index (χ1n) is 23.6. The highest BCUT2D eigenvalue weighted by Crippen LogP contribution is 2.24. The van der Waals surface area contributed by atoms with Gasteiger partial charge in [-0.05, 0) is 12.8 Å². The zero-order valence-electron chi connectivity index (χ0n) is 36.7. The summed E-state index contributed by atoms with van der Waals surface area (Å²) in [6.07, 6.45) is 27.2. The lowest BCUT2D eigenvalue weighted by Crippen LogP contribution is -2.60. The van der Waals surface area contributed by atoms with Gasteiger partial charge in [-0.3, -0.25) is 14.1 Å². The van der Waals surface area contributed by atoms with Crippen LogP contribution in [0.5, 0.6) is 0 Å². The molecule has 6 unspecified atom stereocenters. The topological polar surface area (TPSA) is 186 Å². The lowest BCUT2D eigenvalue weighted by molar-refractivity contribution is -0.297. The maximum atomic E-state index is 12.8. The average Bonchev–Trinajstić information content (AvgIpc) is 3.18. The first-order chi connectivity index (χ1) is 28.0. The molecule has 1 rings (SSSR count). The lowest BCUT2D eigenvalue weighted by atomic mass is 10.00. The molecule has 0 aromatic heterocycles. The lowest BCUT2D eigenvalue weighted by Gasteiger charge is -2.40. The molecule has 4 N–H and O–H groups in total. The maximum Gasteiger partial charge on any atom is 0.306 e. The van der Waals surface area contributed by atoms with Crippen molar-refractivity contribution in [1.29, 1.82) is 0 Å². The zero-order chi connectivity index (χ0) is 42.7. The van der Waals surface area contributed by atoms with E-state index in [0.717, 1.165) is 38.5 Å². The molecule has 0 spiro atoms. The summed E-state index contributed by atoms with van der Waals surface area (Å²) in [4.78, 5) is 25.4. The van der Waals surface area contributed by atoms with Crippen molar-refractivity contribution in [3.8, 4) is 0 Å². The first-order valence-corrected chi connectivity index (χ1v) is 25.2. The van der Waals surface area contributed by atoms with E-state index in [1.54, 1.807) is 0 Å². The largest absolute Gasteiger partial charge is 0.462 e. The van der Waals surface area contributed by atoms with E-state index in [1.165, 1.54) is 141 Å². The Morgan fingerprint density at radius 3 is 1.26 bits per heavy atom. The summed E-state index contributed by atoms with van der Waals surface area (Å²) in [5.41, 5.74) is 0. The SMILES string of the molecule is CCCCCCCCCCCCCCCCCCCCCC(=O)OC(COC(=O)CCCCCCCCCCCCC)COC1OC(CS(=O)(=O)O)C(O)C(O)C1O. The van der Waals surface area contributed by atoms with Crippen LogP contribution < -0.4 is 0 Å². The van der Waals surface area contributed by atoms with Gasteiger partial charge in [-0.1, -0.05) is 194 Å². The number of carbonyl (C=O) groups is 2. The molecule has 12 nitrogen and oxygen atoms in total. The number of unbranched alkanes of at least 4 members (excludes halogenated alkanes) is 28. The summed E-state index contributed by atoms with van der Waals surface area (Å²) in [6, 6.07) is 0. The molecule has 0 aromatic carbocycles. The van der Waals surface area contributed by atoms with Crippen LogP contribution in [0.15, 0.2) is 0 Å². The Kier molecular flexibility index (Phi) is 34.2. The molecule has 1 heterocycles. The fourth-order valence-electron chi connectivity index (χ4n) is 7.50. The predicted molar refractivity (Wildman–Crippen MR) is 229 cm³/mol.